The Morgan fingerprint density at radius 3 is 2.61 bits per heavy atom. The molecule has 0 saturated heterocycles. The van der Waals surface area contributed by atoms with Gasteiger partial charge in [0.15, 0.2) is 5.13 Å². The lowest BCUT2D eigenvalue weighted by Gasteiger charge is -2.58. The van der Waals surface area contributed by atoms with Crippen molar-refractivity contribution in [1.29, 1.82) is 0 Å². The molecule has 2 aliphatic carbocycles. The van der Waals surface area contributed by atoms with Crippen LogP contribution in [0.15, 0.2) is 12.7 Å². The molecule has 8 heteroatoms. The Morgan fingerprint density at radius 1 is 1.36 bits per heavy atom. The van der Waals surface area contributed by atoms with Crippen molar-refractivity contribution in [2.24, 2.45) is 22.2 Å². The van der Waals surface area contributed by atoms with Crippen LogP contribution in [0, 0.1) is 22.2 Å². The molecular formula is C25H39N3O4S. The predicted octanol–water partition coefficient (Wildman–Crippen LogP) is 3.58. The van der Waals surface area contributed by atoms with Crippen LogP contribution in [-0.2, 0) is 16.0 Å². The topological polar surface area (TPSA) is 103 Å². The van der Waals surface area contributed by atoms with Gasteiger partial charge in [-0.1, -0.05) is 40.7 Å². The molecule has 1 fully saturated rings. The number of amides is 2. The zero-order valence-electron chi connectivity index (χ0n) is 20.8. The van der Waals surface area contributed by atoms with Gasteiger partial charge in [0, 0.05) is 41.6 Å². The summed E-state index contributed by atoms with van der Waals surface area (Å²) in [5.74, 6) is -0.273. The van der Waals surface area contributed by atoms with Crippen LogP contribution in [0.2, 0.25) is 0 Å². The zero-order valence-corrected chi connectivity index (χ0v) is 21.6. The van der Waals surface area contributed by atoms with Crippen LogP contribution in [-0.4, -0.2) is 58.2 Å². The minimum Gasteiger partial charge on any atom is -0.396 e. The van der Waals surface area contributed by atoms with Crippen molar-refractivity contribution >= 4 is 28.3 Å². The number of hydrogen-bond acceptors (Lipinski definition) is 6. The van der Waals surface area contributed by atoms with Crippen molar-refractivity contribution < 1.29 is 19.8 Å². The Kier molecular flexibility index (Phi) is 7.14. The highest BCUT2D eigenvalue weighted by molar-refractivity contribution is 7.15. The summed E-state index contributed by atoms with van der Waals surface area (Å²) in [4.78, 5) is 33.3. The fourth-order valence-electron chi connectivity index (χ4n) is 5.61. The second-order valence-corrected chi connectivity index (χ2v) is 12.4. The van der Waals surface area contributed by atoms with Gasteiger partial charge < -0.3 is 20.4 Å². The second-order valence-electron chi connectivity index (χ2n) is 11.3. The van der Waals surface area contributed by atoms with Gasteiger partial charge in [0.25, 0.3) is 0 Å². The molecule has 0 radical (unpaired) electrons. The summed E-state index contributed by atoms with van der Waals surface area (Å²) in [5.41, 5.74) is -0.653. The van der Waals surface area contributed by atoms with E-state index in [1.165, 1.54) is 11.3 Å². The number of nitrogens with zero attached hydrogens (tertiary/aromatic N) is 2. The average molecular weight is 478 g/mol. The number of fused-ring (bicyclic) bond motifs is 2. The number of aliphatic hydroxyl groups is 2. The minimum absolute atomic E-state index is 0.0119. The predicted molar refractivity (Wildman–Crippen MR) is 131 cm³/mol. The van der Waals surface area contributed by atoms with Crippen molar-refractivity contribution in [3.8, 4) is 0 Å². The highest BCUT2D eigenvalue weighted by atomic mass is 32.1. The van der Waals surface area contributed by atoms with Gasteiger partial charge in [0.2, 0.25) is 11.8 Å². The lowest BCUT2D eigenvalue weighted by Crippen LogP contribution is -2.57. The molecule has 0 bridgehead atoms. The number of likely N-dealkylation sites (N-methyl/N-ethyl adjacent to an activating group) is 1. The Bertz CT molecular complexity index is 923. The lowest BCUT2D eigenvalue weighted by molar-refractivity contribution is -0.146. The molecule has 2 amide bonds. The van der Waals surface area contributed by atoms with Crippen LogP contribution in [0.4, 0.5) is 5.13 Å². The van der Waals surface area contributed by atoms with E-state index >= 15 is 0 Å². The number of thiazole rings is 1. The highest BCUT2D eigenvalue weighted by Crippen LogP contribution is 2.62. The molecular weight excluding hydrogens is 438 g/mol. The van der Waals surface area contributed by atoms with Gasteiger partial charge in [-0.15, -0.1) is 17.9 Å². The first-order valence-corrected chi connectivity index (χ1v) is 12.5. The van der Waals surface area contributed by atoms with E-state index < -0.39 is 16.9 Å². The van der Waals surface area contributed by atoms with Crippen LogP contribution in [0.3, 0.4) is 0 Å². The normalized spacial score (nSPS) is 31.3. The summed E-state index contributed by atoms with van der Waals surface area (Å²) in [6.45, 7) is 13.8. The number of rotatable bonds is 6. The monoisotopic (exact) mass is 477 g/mol. The zero-order chi connectivity index (χ0) is 24.8. The maximum absolute atomic E-state index is 13.1. The van der Waals surface area contributed by atoms with Gasteiger partial charge >= 0.3 is 0 Å². The lowest BCUT2D eigenvalue weighted by atomic mass is 9.47. The maximum Gasteiger partial charge on any atom is 0.231 e. The number of hydrogen-bond donors (Lipinski definition) is 3. The van der Waals surface area contributed by atoms with E-state index in [1.807, 2.05) is 27.7 Å². The minimum atomic E-state index is -0.669. The van der Waals surface area contributed by atoms with Crippen molar-refractivity contribution in [2.75, 3.05) is 25.5 Å². The summed E-state index contributed by atoms with van der Waals surface area (Å²) >= 11 is 1.45. The van der Waals surface area contributed by atoms with Crippen LogP contribution < -0.4 is 5.32 Å². The quantitative estimate of drug-likeness (QED) is 0.544. The van der Waals surface area contributed by atoms with Crippen LogP contribution in [0.1, 0.15) is 70.4 Å². The third-order valence-corrected chi connectivity index (χ3v) is 9.01. The molecule has 184 valence electrons. The number of nitrogens with one attached hydrogen (secondary N) is 1. The van der Waals surface area contributed by atoms with Crippen molar-refractivity contribution in [2.45, 2.75) is 72.3 Å². The third-order valence-electron chi connectivity index (χ3n) is 8.00. The standard InChI is InChI=1S/C25H39N3O4S/c1-8-11-28(7)19(31)12-15-20-16(33-22(26-20)27-21(32)23(2,3)4)13-17-24(15,5)10-9-18(30)25(17,6)14-29/h8,15,17-18,29-30H,1,9-14H2,2-7H3,(H,26,27,32)/t15-,17+,18-,24+,25+/m1/s1. The summed E-state index contributed by atoms with van der Waals surface area (Å²) in [5, 5.41) is 24.7. The van der Waals surface area contributed by atoms with E-state index in [4.69, 9.17) is 4.98 Å². The molecule has 3 N–H and O–H groups in total. The Balaban J connectivity index is 2.06. The maximum atomic E-state index is 13.1. The van der Waals surface area contributed by atoms with Gasteiger partial charge in [-0.25, -0.2) is 4.98 Å². The number of anilines is 1. The fraction of sp³-hybridized carbons (Fsp3) is 0.720. The molecule has 0 aromatic carbocycles. The number of aliphatic hydroxyl groups excluding tert-OH is 2. The molecule has 1 aromatic rings. The van der Waals surface area contributed by atoms with Crippen molar-refractivity contribution in [1.82, 2.24) is 9.88 Å². The second kappa shape index (κ2) is 9.12. The van der Waals surface area contributed by atoms with Crippen molar-refractivity contribution in [3.05, 3.63) is 23.2 Å². The summed E-state index contributed by atoms with van der Waals surface area (Å²) in [7, 11) is 1.77. The average Bonchev–Trinajstić information content (AvgIpc) is 3.14. The molecule has 0 aliphatic heterocycles. The number of aromatic nitrogens is 1. The Labute approximate surface area is 201 Å². The Morgan fingerprint density at radius 2 is 2.03 bits per heavy atom. The largest absolute Gasteiger partial charge is 0.396 e. The first-order valence-electron chi connectivity index (χ1n) is 11.7. The molecule has 0 unspecified atom stereocenters. The van der Waals surface area contributed by atoms with Crippen LogP contribution in [0.5, 0.6) is 0 Å². The smallest absolute Gasteiger partial charge is 0.231 e. The fourth-order valence-corrected chi connectivity index (χ4v) is 6.67. The van der Waals surface area contributed by atoms with Crippen LogP contribution >= 0.6 is 11.3 Å². The van der Waals surface area contributed by atoms with Gasteiger partial charge in [-0.05, 0) is 30.6 Å². The first kappa shape index (κ1) is 25.8. The molecule has 1 saturated carbocycles. The molecule has 2 aliphatic rings. The van der Waals surface area contributed by atoms with E-state index in [0.29, 0.717) is 30.9 Å². The molecule has 33 heavy (non-hydrogen) atoms. The molecule has 7 nitrogen and oxygen atoms in total. The molecule has 5 atom stereocenters. The molecule has 1 heterocycles. The summed E-state index contributed by atoms with van der Waals surface area (Å²) < 4.78 is 0. The molecule has 1 aromatic heterocycles. The number of carbonyl (C=O) groups is 2. The van der Waals surface area contributed by atoms with Crippen molar-refractivity contribution in [3.63, 3.8) is 0 Å². The highest BCUT2D eigenvalue weighted by Gasteiger charge is 2.59. The van der Waals surface area contributed by atoms with E-state index in [2.05, 4.69) is 18.8 Å². The first-order chi connectivity index (χ1) is 15.3. The van der Waals surface area contributed by atoms with Gasteiger partial charge in [0.1, 0.15) is 0 Å². The molecule has 0 spiro atoms. The SMILES string of the molecule is C=CCN(C)C(=O)C[C@@H]1c2nc(NC(=O)C(C)(C)C)sc2C[C@@H]2[C@](C)(CO)[C@H](O)CC[C@]21C. The summed E-state index contributed by atoms with van der Waals surface area (Å²) in [6.07, 6.45) is 3.38. The van der Waals surface area contributed by atoms with E-state index in [1.54, 1.807) is 18.0 Å². The van der Waals surface area contributed by atoms with Crippen LogP contribution in [0.25, 0.3) is 0 Å². The van der Waals surface area contributed by atoms with E-state index in [-0.39, 0.29) is 35.7 Å². The summed E-state index contributed by atoms with van der Waals surface area (Å²) in [6, 6.07) is 0. The van der Waals surface area contributed by atoms with E-state index in [0.717, 1.165) is 17.0 Å². The number of carbonyl (C=O) groups excluding carboxylic acids is 2. The van der Waals surface area contributed by atoms with Gasteiger partial charge in [0.05, 0.1) is 18.4 Å². The Hall–Kier alpha value is -1.77. The van der Waals surface area contributed by atoms with E-state index in [9.17, 15) is 19.8 Å². The van der Waals surface area contributed by atoms with Gasteiger partial charge in [-0.3, -0.25) is 9.59 Å². The van der Waals surface area contributed by atoms with Gasteiger partial charge in [-0.2, -0.15) is 0 Å². The molecule has 3 rings (SSSR count). The third kappa shape index (κ3) is 4.62.